The van der Waals surface area contributed by atoms with Gasteiger partial charge in [0.2, 0.25) is 11.6 Å². The molecule has 2 aromatic carbocycles. The molecule has 7 rings (SSSR count). The van der Waals surface area contributed by atoms with E-state index >= 15 is 0 Å². The van der Waals surface area contributed by atoms with Gasteiger partial charge < -0.3 is 18.9 Å². The summed E-state index contributed by atoms with van der Waals surface area (Å²) >= 11 is 3.00. The lowest BCUT2D eigenvalue weighted by Gasteiger charge is -2.21. The summed E-state index contributed by atoms with van der Waals surface area (Å²) < 4.78 is 22.9. The quantitative estimate of drug-likeness (QED) is 0.336. The first-order chi connectivity index (χ1) is 16.7. The monoisotopic (exact) mass is 488 g/mol. The van der Waals surface area contributed by atoms with E-state index in [-0.39, 0.29) is 0 Å². The zero-order valence-corrected chi connectivity index (χ0v) is 19.3. The van der Waals surface area contributed by atoms with Crippen molar-refractivity contribution in [2.24, 2.45) is 0 Å². The summed E-state index contributed by atoms with van der Waals surface area (Å²) in [7, 11) is 0. The number of ether oxygens (including phenoxy) is 4. The summed E-state index contributed by atoms with van der Waals surface area (Å²) in [6.45, 7) is 2.01. The molecule has 0 fully saturated rings. The molecule has 6 nitrogen and oxygen atoms in total. The topological polar surface area (TPSA) is 71.1 Å². The molecule has 0 unspecified atom stereocenters. The Labute approximate surface area is 202 Å². The normalized spacial score (nSPS) is 15.6. The lowest BCUT2D eigenvalue weighted by Crippen LogP contribution is -2.21. The summed E-state index contributed by atoms with van der Waals surface area (Å²) in [6.07, 6.45) is 0. The summed E-state index contributed by atoms with van der Waals surface area (Å²) in [6, 6.07) is 11.3. The van der Waals surface area contributed by atoms with Crippen molar-refractivity contribution >= 4 is 34.2 Å². The smallest absolute Gasteiger partial charge is 0.234 e. The van der Waals surface area contributed by atoms with Crippen LogP contribution in [0.25, 0.3) is 32.0 Å². The van der Waals surface area contributed by atoms with E-state index in [1.54, 1.807) is 12.1 Å². The first kappa shape index (κ1) is 19.8. The number of benzene rings is 2. The highest BCUT2D eigenvalue weighted by Crippen LogP contribution is 2.49. The predicted octanol–water partition coefficient (Wildman–Crippen LogP) is 5.73. The average molecular weight is 489 g/mol. The molecule has 168 valence electrons. The number of rotatable bonds is 2. The van der Waals surface area contributed by atoms with Crippen LogP contribution < -0.4 is 18.9 Å². The third-order valence-electron chi connectivity index (χ3n) is 6.15. The number of hydrogen-bond acceptors (Lipinski definition) is 8. The Balaban J connectivity index is 1.32. The molecule has 0 atom stereocenters. The fourth-order valence-corrected chi connectivity index (χ4v) is 6.44. The molecule has 0 amide bonds. The van der Waals surface area contributed by atoms with Crippen molar-refractivity contribution in [3.8, 4) is 55.0 Å². The fraction of sp³-hybridized carbons (Fsp3) is 0.154. The second-order valence-electron chi connectivity index (χ2n) is 8.09. The van der Waals surface area contributed by atoms with Gasteiger partial charge in [-0.2, -0.15) is 0 Å². The van der Waals surface area contributed by atoms with Gasteiger partial charge >= 0.3 is 0 Å². The Morgan fingerprint density at radius 1 is 0.559 bits per heavy atom. The summed E-state index contributed by atoms with van der Waals surface area (Å²) in [5, 5.41) is 3.82. The molecule has 3 aliphatic rings. The Hall–Kier alpha value is -3.62. The Kier molecular flexibility index (Phi) is 4.34. The van der Waals surface area contributed by atoms with Crippen LogP contribution in [-0.2, 0) is 0 Å². The number of carbonyl (C=O) groups excluding carboxylic acids is 2. The number of fused-ring (bicyclic) bond motifs is 5. The highest BCUT2D eigenvalue weighted by atomic mass is 32.1. The molecule has 0 saturated heterocycles. The van der Waals surface area contributed by atoms with Crippen LogP contribution >= 0.6 is 22.7 Å². The SMILES string of the molecule is O=C1C(=O)c2cc(-c3scc4c3OCCO4)ccc2-c2ccc(-c3scc4c3OCCO4)cc21. The molecule has 0 N–H and O–H groups in total. The molecule has 0 saturated carbocycles. The Morgan fingerprint density at radius 2 is 1.00 bits per heavy atom. The van der Waals surface area contributed by atoms with Gasteiger partial charge in [0, 0.05) is 21.9 Å². The minimum absolute atomic E-state index is 0.409. The molecule has 0 bridgehead atoms. The molecule has 0 spiro atoms. The van der Waals surface area contributed by atoms with E-state index < -0.39 is 11.6 Å². The molecule has 4 aromatic rings. The van der Waals surface area contributed by atoms with Crippen LogP contribution in [0.3, 0.4) is 0 Å². The third-order valence-corrected chi connectivity index (χ3v) is 8.13. The molecule has 2 aromatic heterocycles. The molecular formula is C26H16O6S2. The maximum atomic E-state index is 13.2. The number of hydrogen-bond donors (Lipinski definition) is 0. The van der Waals surface area contributed by atoms with Crippen LogP contribution in [0.2, 0.25) is 0 Å². The third kappa shape index (κ3) is 2.85. The second kappa shape index (κ2) is 7.44. The number of Topliss-reactive ketones (excluding diaryl/α,β-unsaturated/α-hetero) is 2. The predicted molar refractivity (Wildman–Crippen MR) is 129 cm³/mol. The highest BCUT2D eigenvalue weighted by molar-refractivity contribution is 7.14. The molecule has 34 heavy (non-hydrogen) atoms. The van der Waals surface area contributed by atoms with Gasteiger partial charge in [0.05, 0.1) is 9.75 Å². The maximum absolute atomic E-state index is 13.2. The van der Waals surface area contributed by atoms with Gasteiger partial charge in [-0.15, -0.1) is 22.7 Å². The van der Waals surface area contributed by atoms with E-state index in [0.717, 1.165) is 43.5 Å². The van der Waals surface area contributed by atoms with Crippen molar-refractivity contribution in [3.05, 3.63) is 58.3 Å². The first-order valence-electron chi connectivity index (χ1n) is 10.8. The van der Waals surface area contributed by atoms with Gasteiger partial charge in [-0.1, -0.05) is 24.3 Å². The zero-order valence-electron chi connectivity index (χ0n) is 17.7. The second-order valence-corrected chi connectivity index (χ2v) is 9.85. The molecule has 0 radical (unpaired) electrons. The Bertz CT molecular complexity index is 1400. The van der Waals surface area contributed by atoms with E-state index in [9.17, 15) is 9.59 Å². The van der Waals surface area contributed by atoms with Gasteiger partial charge in [-0.3, -0.25) is 9.59 Å². The summed E-state index contributed by atoms with van der Waals surface area (Å²) in [5.41, 5.74) is 3.99. The maximum Gasteiger partial charge on any atom is 0.234 e. The van der Waals surface area contributed by atoms with Gasteiger partial charge in [-0.05, 0) is 34.4 Å². The van der Waals surface area contributed by atoms with Crippen LogP contribution in [-0.4, -0.2) is 38.0 Å². The van der Waals surface area contributed by atoms with Crippen molar-refractivity contribution in [3.63, 3.8) is 0 Å². The minimum Gasteiger partial charge on any atom is -0.485 e. The molecule has 2 aliphatic heterocycles. The standard InChI is InChI=1S/C26H16O6S2/c27-21-17-9-13(25-23-19(11-33-25)29-5-7-31-23)1-3-15(17)16-4-2-14(10-18(16)22(21)28)26-24-20(12-34-26)30-6-8-32-24/h1-4,9-12H,5-8H2. The highest BCUT2D eigenvalue weighted by Gasteiger charge is 2.32. The van der Waals surface area contributed by atoms with Gasteiger partial charge in [0.15, 0.2) is 23.0 Å². The van der Waals surface area contributed by atoms with Crippen LogP contribution in [0, 0.1) is 0 Å². The van der Waals surface area contributed by atoms with Crippen molar-refractivity contribution in [1.29, 1.82) is 0 Å². The number of ketones is 2. The lowest BCUT2D eigenvalue weighted by molar-refractivity contribution is 0.0815. The fourth-order valence-electron chi connectivity index (χ4n) is 4.59. The molecular weight excluding hydrogens is 472 g/mol. The van der Waals surface area contributed by atoms with Gasteiger partial charge in [0.25, 0.3) is 0 Å². The van der Waals surface area contributed by atoms with Crippen LogP contribution in [0.5, 0.6) is 23.0 Å². The van der Waals surface area contributed by atoms with Crippen LogP contribution in [0.4, 0.5) is 0 Å². The first-order valence-corrected chi connectivity index (χ1v) is 12.6. The van der Waals surface area contributed by atoms with Crippen molar-refractivity contribution in [1.82, 2.24) is 0 Å². The van der Waals surface area contributed by atoms with E-state index in [1.165, 1.54) is 22.7 Å². The molecule has 4 heterocycles. The van der Waals surface area contributed by atoms with Crippen LogP contribution in [0.1, 0.15) is 20.7 Å². The number of thiophene rings is 2. The summed E-state index contributed by atoms with van der Waals surface area (Å²) in [4.78, 5) is 28.1. The number of carbonyl (C=O) groups is 2. The largest absolute Gasteiger partial charge is 0.485 e. The van der Waals surface area contributed by atoms with E-state index in [0.29, 0.717) is 49.1 Å². The lowest BCUT2D eigenvalue weighted by atomic mass is 9.82. The Morgan fingerprint density at radius 3 is 1.47 bits per heavy atom. The van der Waals surface area contributed by atoms with Crippen molar-refractivity contribution < 1.29 is 28.5 Å². The molecule has 1 aliphatic carbocycles. The zero-order chi connectivity index (χ0) is 22.8. The molecule has 8 heteroatoms. The minimum atomic E-state index is -0.503. The summed E-state index contributed by atoms with van der Waals surface area (Å²) in [5.74, 6) is 1.82. The van der Waals surface area contributed by atoms with E-state index in [1.807, 2.05) is 35.0 Å². The van der Waals surface area contributed by atoms with Crippen LogP contribution in [0.15, 0.2) is 47.2 Å². The van der Waals surface area contributed by atoms with Gasteiger partial charge in [0.1, 0.15) is 26.4 Å². The van der Waals surface area contributed by atoms with E-state index in [4.69, 9.17) is 18.9 Å². The van der Waals surface area contributed by atoms with Crippen molar-refractivity contribution in [2.45, 2.75) is 0 Å². The van der Waals surface area contributed by atoms with E-state index in [2.05, 4.69) is 0 Å². The van der Waals surface area contributed by atoms with Gasteiger partial charge in [-0.25, -0.2) is 0 Å². The van der Waals surface area contributed by atoms with Crippen molar-refractivity contribution in [2.75, 3.05) is 26.4 Å². The average Bonchev–Trinajstić information content (AvgIpc) is 3.51.